The number of hydrogen-bond acceptors (Lipinski definition) is 10. The fourth-order valence-corrected chi connectivity index (χ4v) is 5.26. The predicted molar refractivity (Wildman–Crippen MR) is 174 cm³/mol. The van der Waals surface area contributed by atoms with Crippen LogP contribution >= 0.6 is 0 Å². The average Bonchev–Trinajstić information content (AvgIpc) is 3.82. The van der Waals surface area contributed by atoms with Crippen molar-refractivity contribution in [2.24, 2.45) is 7.05 Å². The molecule has 0 bridgehead atoms. The SMILES string of the molecule is CCn1nc(C)c(OCc2ccc(OC)cc2)c1-c1nc(-c2nc(C(=O)NCc3ccc(OC)cc3OC)cc3c2cnn3C)co1. The van der Waals surface area contributed by atoms with Gasteiger partial charge in [-0.25, -0.2) is 9.97 Å². The highest BCUT2D eigenvalue weighted by molar-refractivity contribution is 6.00. The lowest BCUT2D eigenvalue weighted by Crippen LogP contribution is -2.24. The number of carbonyl (C=O) groups excluding carboxylic acids is 1. The van der Waals surface area contributed by atoms with Gasteiger partial charge in [-0.05, 0) is 49.7 Å². The maximum atomic E-state index is 13.4. The van der Waals surface area contributed by atoms with Crippen molar-refractivity contribution in [3.8, 4) is 46.0 Å². The normalized spacial score (nSPS) is 11.1. The van der Waals surface area contributed by atoms with Gasteiger partial charge in [0.15, 0.2) is 11.4 Å². The number of amides is 1. The molecule has 4 aromatic heterocycles. The van der Waals surface area contributed by atoms with E-state index in [1.807, 2.05) is 50.2 Å². The van der Waals surface area contributed by atoms with Gasteiger partial charge in [-0.1, -0.05) is 12.1 Å². The number of aromatic nitrogens is 6. The largest absolute Gasteiger partial charge is 0.497 e. The summed E-state index contributed by atoms with van der Waals surface area (Å²) in [6.45, 7) is 4.97. The molecule has 4 heterocycles. The van der Waals surface area contributed by atoms with E-state index < -0.39 is 0 Å². The summed E-state index contributed by atoms with van der Waals surface area (Å²) in [7, 11) is 6.59. The summed E-state index contributed by atoms with van der Waals surface area (Å²) in [6, 6.07) is 14.8. The zero-order valence-electron chi connectivity index (χ0n) is 27.0. The fraction of sp³-hybridized carbons (Fsp3) is 0.265. The zero-order valence-corrected chi connectivity index (χ0v) is 27.0. The molecule has 13 nitrogen and oxygen atoms in total. The molecule has 0 atom stereocenters. The minimum absolute atomic E-state index is 0.200. The highest BCUT2D eigenvalue weighted by Crippen LogP contribution is 2.36. The van der Waals surface area contributed by atoms with Gasteiger partial charge in [0.25, 0.3) is 5.91 Å². The van der Waals surface area contributed by atoms with Gasteiger partial charge in [-0.15, -0.1) is 0 Å². The lowest BCUT2D eigenvalue weighted by atomic mass is 10.1. The maximum Gasteiger partial charge on any atom is 0.270 e. The number of pyridine rings is 1. The number of benzene rings is 2. The van der Waals surface area contributed by atoms with Crippen molar-refractivity contribution in [2.75, 3.05) is 21.3 Å². The molecule has 242 valence electrons. The number of hydrogen-bond donors (Lipinski definition) is 1. The lowest BCUT2D eigenvalue weighted by Gasteiger charge is -2.12. The van der Waals surface area contributed by atoms with Gasteiger partial charge in [0, 0.05) is 37.2 Å². The number of oxazole rings is 1. The van der Waals surface area contributed by atoms with Crippen LogP contribution in [0, 0.1) is 6.92 Å². The van der Waals surface area contributed by atoms with Crippen molar-refractivity contribution in [2.45, 2.75) is 33.5 Å². The second kappa shape index (κ2) is 13.3. The third kappa shape index (κ3) is 6.19. The smallest absolute Gasteiger partial charge is 0.270 e. The summed E-state index contributed by atoms with van der Waals surface area (Å²) in [4.78, 5) is 23.0. The second-order valence-electron chi connectivity index (χ2n) is 10.7. The first-order valence-corrected chi connectivity index (χ1v) is 14.9. The second-order valence-corrected chi connectivity index (χ2v) is 10.7. The van der Waals surface area contributed by atoms with Crippen LogP contribution in [0.25, 0.3) is 33.9 Å². The van der Waals surface area contributed by atoms with E-state index in [9.17, 15) is 4.79 Å². The first kappa shape index (κ1) is 31.1. The van der Waals surface area contributed by atoms with Crippen LogP contribution in [0.3, 0.4) is 0 Å². The highest BCUT2D eigenvalue weighted by atomic mass is 16.5. The number of nitrogens with one attached hydrogen (secondary N) is 1. The quantitative estimate of drug-likeness (QED) is 0.187. The Hall–Kier alpha value is -5.85. The molecule has 0 saturated heterocycles. The van der Waals surface area contributed by atoms with Crippen LogP contribution in [0.5, 0.6) is 23.0 Å². The van der Waals surface area contributed by atoms with E-state index in [0.29, 0.717) is 64.6 Å². The van der Waals surface area contributed by atoms with Gasteiger partial charge in [0.2, 0.25) is 5.89 Å². The van der Waals surface area contributed by atoms with Crippen LogP contribution < -0.4 is 24.3 Å². The summed E-state index contributed by atoms with van der Waals surface area (Å²) in [6.07, 6.45) is 3.21. The van der Waals surface area contributed by atoms with Gasteiger partial charge < -0.3 is 28.7 Å². The number of nitrogens with zero attached hydrogens (tertiary/aromatic N) is 6. The standard InChI is InChI=1S/C34H35N7O6/c1-7-41-31(32(20(2)39-41)46-18-21-8-11-23(43-4)12-9-21)34-38-27(19-47-34)30-25-17-36-40(3)28(25)15-26(37-30)33(42)35-16-22-10-13-24(44-5)14-29(22)45-6/h8-15,17,19H,7,16,18H2,1-6H3,(H,35,42). The Morgan fingerprint density at radius 3 is 2.47 bits per heavy atom. The van der Waals surface area contributed by atoms with Crippen LogP contribution in [-0.4, -0.2) is 56.8 Å². The maximum absolute atomic E-state index is 13.4. The van der Waals surface area contributed by atoms with Gasteiger partial charge in [-0.2, -0.15) is 10.2 Å². The molecule has 1 amide bonds. The average molecular weight is 638 g/mol. The van der Waals surface area contributed by atoms with E-state index in [1.54, 1.807) is 56.1 Å². The molecule has 47 heavy (non-hydrogen) atoms. The number of aryl methyl sites for hydroxylation is 3. The van der Waals surface area contributed by atoms with Gasteiger partial charge in [0.1, 0.15) is 52.9 Å². The van der Waals surface area contributed by atoms with Crippen molar-refractivity contribution in [1.29, 1.82) is 0 Å². The molecule has 0 aliphatic rings. The molecule has 6 aromatic rings. The Morgan fingerprint density at radius 1 is 0.979 bits per heavy atom. The number of fused-ring (bicyclic) bond motifs is 1. The van der Waals surface area contributed by atoms with Crippen LogP contribution in [0.2, 0.25) is 0 Å². The van der Waals surface area contributed by atoms with E-state index in [2.05, 4.69) is 15.5 Å². The van der Waals surface area contributed by atoms with Gasteiger partial charge in [-0.3, -0.25) is 14.2 Å². The molecule has 0 aliphatic carbocycles. The Bertz CT molecular complexity index is 2040. The molecule has 6 rings (SSSR count). The highest BCUT2D eigenvalue weighted by Gasteiger charge is 2.25. The molecule has 0 radical (unpaired) electrons. The topological polar surface area (TPSA) is 141 Å². The Labute approximate surface area is 271 Å². The first-order valence-electron chi connectivity index (χ1n) is 14.9. The monoisotopic (exact) mass is 637 g/mol. The molecule has 0 spiro atoms. The van der Waals surface area contributed by atoms with Crippen LogP contribution in [0.4, 0.5) is 0 Å². The first-order chi connectivity index (χ1) is 22.8. The van der Waals surface area contributed by atoms with Crippen molar-refractivity contribution >= 4 is 16.8 Å². The molecule has 0 fully saturated rings. The Morgan fingerprint density at radius 2 is 1.74 bits per heavy atom. The molecular weight excluding hydrogens is 602 g/mol. The number of rotatable bonds is 12. The fourth-order valence-electron chi connectivity index (χ4n) is 5.26. The molecule has 0 saturated carbocycles. The minimum atomic E-state index is -0.371. The van der Waals surface area contributed by atoms with Crippen LogP contribution in [0.15, 0.2) is 65.4 Å². The summed E-state index contributed by atoms with van der Waals surface area (Å²) < 4.78 is 31.8. The van der Waals surface area contributed by atoms with Crippen molar-refractivity contribution in [3.05, 3.63) is 83.5 Å². The Kier molecular flexibility index (Phi) is 8.78. The Balaban J connectivity index is 1.30. The third-order valence-electron chi connectivity index (χ3n) is 7.78. The molecular formula is C34H35N7O6. The lowest BCUT2D eigenvalue weighted by molar-refractivity contribution is 0.0946. The number of ether oxygens (including phenoxy) is 4. The van der Waals surface area contributed by atoms with E-state index in [1.165, 1.54) is 6.26 Å². The summed E-state index contributed by atoms with van der Waals surface area (Å²) in [5.41, 5.74) is 4.87. The third-order valence-corrected chi connectivity index (χ3v) is 7.78. The van der Waals surface area contributed by atoms with Crippen molar-refractivity contribution in [3.63, 3.8) is 0 Å². The zero-order chi connectivity index (χ0) is 33.1. The van der Waals surface area contributed by atoms with Crippen molar-refractivity contribution in [1.82, 2.24) is 34.8 Å². The van der Waals surface area contributed by atoms with E-state index in [-0.39, 0.29) is 18.1 Å². The van der Waals surface area contributed by atoms with Crippen LogP contribution in [0.1, 0.15) is 34.2 Å². The van der Waals surface area contributed by atoms with E-state index in [4.69, 9.17) is 33.3 Å². The molecule has 1 N–H and O–H groups in total. The van der Waals surface area contributed by atoms with Gasteiger partial charge in [0.05, 0.1) is 33.0 Å². The summed E-state index contributed by atoms with van der Waals surface area (Å²) in [5.74, 6) is 2.54. The van der Waals surface area contributed by atoms with E-state index in [0.717, 1.165) is 22.3 Å². The summed E-state index contributed by atoms with van der Waals surface area (Å²) in [5, 5.41) is 12.7. The molecule has 0 aliphatic heterocycles. The van der Waals surface area contributed by atoms with Crippen molar-refractivity contribution < 1.29 is 28.2 Å². The predicted octanol–water partition coefficient (Wildman–Crippen LogP) is 5.35. The van der Waals surface area contributed by atoms with Crippen LogP contribution in [-0.2, 0) is 26.7 Å². The number of carbonyl (C=O) groups is 1. The molecule has 0 unspecified atom stereocenters. The van der Waals surface area contributed by atoms with Gasteiger partial charge >= 0.3 is 0 Å². The number of methoxy groups -OCH3 is 3. The molecule has 13 heteroatoms. The minimum Gasteiger partial charge on any atom is -0.497 e. The van der Waals surface area contributed by atoms with E-state index >= 15 is 0 Å². The summed E-state index contributed by atoms with van der Waals surface area (Å²) >= 11 is 0. The molecule has 2 aromatic carbocycles.